The predicted molar refractivity (Wildman–Crippen MR) is 131 cm³/mol. The van der Waals surface area contributed by atoms with E-state index in [1.54, 1.807) is 0 Å². The fraction of sp³-hybridized carbons (Fsp3) is 0.120. The molecule has 1 aliphatic rings. The minimum absolute atomic E-state index is 0.0962. The highest BCUT2D eigenvalue weighted by Gasteiger charge is 2.40. The third-order valence-corrected chi connectivity index (χ3v) is 7.00. The Hall–Kier alpha value is -3.13. The monoisotopic (exact) mass is 513 g/mol. The summed E-state index contributed by atoms with van der Waals surface area (Å²) in [6, 6.07) is 19.7. The van der Waals surface area contributed by atoms with Crippen LogP contribution in [0.4, 0.5) is 5.69 Å². The number of thioether (sulfide) groups is 1. The van der Waals surface area contributed by atoms with Crippen molar-refractivity contribution in [1.82, 2.24) is 0 Å². The highest BCUT2D eigenvalue weighted by Crippen LogP contribution is 2.34. The minimum atomic E-state index is -0.712. The maximum absolute atomic E-state index is 12.8. The number of nitrogens with zero attached hydrogens (tertiary/aromatic N) is 1. The summed E-state index contributed by atoms with van der Waals surface area (Å²) in [5.74, 6) is -1.75. The van der Waals surface area contributed by atoms with Crippen molar-refractivity contribution in [3.63, 3.8) is 0 Å². The molecule has 0 N–H and O–H groups in total. The third kappa shape index (κ3) is 5.33. The number of esters is 1. The van der Waals surface area contributed by atoms with Crippen molar-refractivity contribution in [2.45, 2.75) is 16.6 Å². The Kier molecular flexibility index (Phi) is 7.36. The molecule has 1 atom stereocenters. The summed E-state index contributed by atoms with van der Waals surface area (Å²) in [6.07, 6.45) is 0.0962. The van der Waals surface area contributed by atoms with Crippen LogP contribution in [0.1, 0.15) is 27.1 Å². The van der Waals surface area contributed by atoms with Gasteiger partial charge in [-0.05, 0) is 54.6 Å². The number of carbonyl (C=O) groups is 4. The molecule has 1 saturated heterocycles. The Balaban J connectivity index is 1.38. The van der Waals surface area contributed by atoms with Gasteiger partial charge in [0.1, 0.15) is 0 Å². The van der Waals surface area contributed by atoms with Gasteiger partial charge in [-0.3, -0.25) is 14.4 Å². The second-order valence-corrected chi connectivity index (χ2v) is 9.46. The maximum atomic E-state index is 12.8. The topological polar surface area (TPSA) is 80.8 Å². The van der Waals surface area contributed by atoms with Crippen LogP contribution in [0.25, 0.3) is 0 Å². The van der Waals surface area contributed by atoms with Crippen molar-refractivity contribution in [3.8, 4) is 0 Å². The standard InChI is InChI=1S/C25H17Cl2NO5S/c26-19-11-8-16(12-20(19)27)21(29)14-33-25(32)15-6-9-17(10-7-15)28-23(30)13-22(24(28)31)34-18-4-2-1-3-5-18/h1-12,22H,13-14H2. The number of Topliss-reactive ketones (excluding diaryl/α,β-unsaturated/α-hetero) is 1. The smallest absolute Gasteiger partial charge is 0.338 e. The average molecular weight is 514 g/mol. The molecule has 3 aromatic carbocycles. The Morgan fingerprint density at radius 1 is 0.912 bits per heavy atom. The number of hydrogen-bond donors (Lipinski definition) is 0. The van der Waals surface area contributed by atoms with E-state index in [0.29, 0.717) is 10.7 Å². The number of halogens is 2. The van der Waals surface area contributed by atoms with Crippen molar-refractivity contribution in [2.24, 2.45) is 0 Å². The van der Waals surface area contributed by atoms with E-state index < -0.39 is 23.6 Å². The molecule has 0 bridgehead atoms. The molecular formula is C25H17Cl2NO5S. The zero-order chi connectivity index (χ0) is 24.2. The molecule has 9 heteroatoms. The summed E-state index contributed by atoms with van der Waals surface area (Å²) in [6.45, 7) is -0.472. The molecule has 0 aliphatic carbocycles. The molecule has 0 radical (unpaired) electrons. The Bertz CT molecular complexity index is 1260. The van der Waals surface area contributed by atoms with E-state index >= 15 is 0 Å². The van der Waals surface area contributed by atoms with Gasteiger partial charge in [0.05, 0.1) is 26.5 Å². The van der Waals surface area contributed by atoms with E-state index in [9.17, 15) is 19.2 Å². The first-order chi connectivity index (χ1) is 16.3. The third-order valence-electron chi connectivity index (χ3n) is 5.06. The molecule has 4 rings (SSSR count). The lowest BCUT2D eigenvalue weighted by atomic mass is 10.1. The molecule has 0 aromatic heterocycles. The van der Waals surface area contributed by atoms with Crippen LogP contribution in [-0.2, 0) is 14.3 Å². The first-order valence-corrected chi connectivity index (χ1v) is 11.8. The molecule has 0 saturated carbocycles. The quantitative estimate of drug-likeness (QED) is 0.237. The van der Waals surface area contributed by atoms with E-state index in [-0.39, 0.29) is 34.4 Å². The van der Waals surface area contributed by atoms with E-state index in [1.165, 1.54) is 54.2 Å². The van der Waals surface area contributed by atoms with E-state index in [2.05, 4.69) is 0 Å². The molecule has 172 valence electrons. The predicted octanol–water partition coefficient (Wildman–Crippen LogP) is 5.46. The van der Waals surface area contributed by atoms with Gasteiger partial charge in [0.15, 0.2) is 12.4 Å². The van der Waals surface area contributed by atoms with Crippen LogP contribution in [0, 0.1) is 0 Å². The van der Waals surface area contributed by atoms with Crippen molar-refractivity contribution in [3.05, 3.63) is 94.0 Å². The lowest BCUT2D eigenvalue weighted by molar-refractivity contribution is -0.121. The van der Waals surface area contributed by atoms with Gasteiger partial charge in [0.25, 0.3) is 0 Å². The Labute approximate surface area is 209 Å². The van der Waals surface area contributed by atoms with E-state index in [4.69, 9.17) is 27.9 Å². The molecule has 1 fully saturated rings. The first kappa shape index (κ1) is 24.0. The summed E-state index contributed by atoms with van der Waals surface area (Å²) >= 11 is 13.1. The number of rotatable bonds is 7. The largest absolute Gasteiger partial charge is 0.454 e. The number of imide groups is 1. The summed E-state index contributed by atoms with van der Waals surface area (Å²) in [4.78, 5) is 52.0. The molecule has 1 heterocycles. The van der Waals surface area contributed by atoms with Crippen LogP contribution >= 0.6 is 35.0 Å². The number of hydrogen-bond acceptors (Lipinski definition) is 6. The summed E-state index contributed by atoms with van der Waals surface area (Å²) in [5, 5.41) is 0.0343. The van der Waals surface area contributed by atoms with Gasteiger partial charge >= 0.3 is 5.97 Å². The van der Waals surface area contributed by atoms with Crippen LogP contribution in [0.15, 0.2) is 77.7 Å². The van der Waals surface area contributed by atoms with Gasteiger partial charge in [-0.15, -0.1) is 11.8 Å². The number of carbonyl (C=O) groups excluding carboxylic acids is 4. The lowest BCUT2D eigenvalue weighted by Gasteiger charge is -2.15. The van der Waals surface area contributed by atoms with Crippen molar-refractivity contribution in [1.29, 1.82) is 0 Å². The van der Waals surface area contributed by atoms with Crippen LogP contribution in [0.2, 0.25) is 10.0 Å². The van der Waals surface area contributed by atoms with Crippen molar-refractivity contribution in [2.75, 3.05) is 11.5 Å². The van der Waals surface area contributed by atoms with E-state index in [1.807, 2.05) is 30.3 Å². The molecule has 0 spiro atoms. The van der Waals surface area contributed by atoms with Gasteiger partial charge in [-0.1, -0.05) is 41.4 Å². The van der Waals surface area contributed by atoms with Gasteiger partial charge in [0.2, 0.25) is 11.8 Å². The molecule has 2 amide bonds. The number of anilines is 1. The normalized spacial score (nSPS) is 15.5. The minimum Gasteiger partial charge on any atom is -0.454 e. The van der Waals surface area contributed by atoms with Gasteiger partial charge in [0, 0.05) is 16.9 Å². The Morgan fingerprint density at radius 3 is 2.26 bits per heavy atom. The Morgan fingerprint density at radius 2 is 1.59 bits per heavy atom. The fourth-order valence-electron chi connectivity index (χ4n) is 3.34. The average Bonchev–Trinajstić information content (AvgIpc) is 3.12. The SMILES string of the molecule is O=C(COC(=O)c1ccc(N2C(=O)CC(Sc3ccccc3)C2=O)cc1)c1ccc(Cl)c(Cl)c1. The summed E-state index contributed by atoms with van der Waals surface area (Å²) < 4.78 is 5.09. The zero-order valence-electron chi connectivity index (χ0n) is 17.6. The van der Waals surface area contributed by atoms with Crippen LogP contribution < -0.4 is 4.90 Å². The highest BCUT2D eigenvalue weighted by atomic mass is 35.5. The van der Waals surface area contributed by atoms with Gasteiger partial charge in [-0.2, -0.15) is 0 Å². The molecular weight excluding hydrogens is 497 g/mol. The number of ketones is 1. The fourth-order valence-corrected chi connectivity index (χ4v) is 4.72. The second kappa shape index (κ2) is 10.4. The lowest BCUT2D eigenvalue weighted by Crippen LogP contribution is -2.31. The van der Waals surface area contributed by atoms with Gasteiger partial charge < -0.3 is 4.74 Å². The van der Waals surface area contributed by atoms with Crippen LogP contribution in [0.3, 0.4) is 0 Å². The first-order valence-electron chi connectivity index (χ1n) is 10.2. The molecule has 1 unspecified atom stereocenters. The van der Waals surface area contributed by atoms with Crippen molar-refractivity contribution < 1.29 is 23.9 Å². The summed E-state index contributed by atoms with van der Waals surface area (Å²) in [5.41, 5.74) is 0.820. The van der Waals surface area contributed by atoms with E-state index in [0.717, 1.165) is 9.80 Å². The number of amides is 2. The molecule has 6 nitrogen and oxygen atoms in total. The van der Waals surface area contributed by atoms with Crippen LogP contribution in [0.5, 0.6) is 0 Å². The zero-order valence-corrected chi connectivity index (χ0v) is 19.9. The van der Waals surface area contributed by atoms with Gasteiger partial charge in [-0.25, -0.2) is 9.69 Å². The summed E-state index contributed by atoms with van der Waals surface area (Å²) in [7, 11) is 0. The maximum Gasteiger partial charge on any atom is 0.338 e. The van der Waals surface area contributed by atoms with Crippen LogP contribution in [-0.4, -0.2) is 35.4 Å². The second-order valence-electron chi connectivity index (χ2n) is 7.37. The molecule has 3 aromatic rings. The number of benzene rings is 3. The molecule has 1 aliphatic heterocycles. The molecule has 34 heavy (non-hydrogen) atoms. The number of ether oxygens (including phenoxy) is 1. The highest BCUT2D eigenvalue weighted by molar-refractivity contribution is 8.00. The van der Waals surface area contributed by atoms with Crippen molar-refractivity contribution >= 4 is 64.2 Å².